The summed E-state index contributed by atoms with van der Waals surface area (Å²) in [5, 5.41) is 5.89. The molecule has 0 aliphatic carbocycles. The third-order valence-corrected chi connectivity index (χ3v) is 3.55. The Hall–Kier alpha value is -3.22. The highest BCUT2D eigenvalue weighted by Crippen LogP contribution is 2.29. The van der Waals surface area contributed by atoms with Crippen molar-refractivity contribution in [1.82, 2.24) is 9.97 Å². The molecule has 3 rings (SSSR count). The average Bonchev–Trinajstić information content (AvgIpc) is 2.52. The smallest absolute Gasteiger partial charge is 0.159 e. The number of nitrogens with one attached hydrogen (secondary N) is 2. The van der Waals surface area contributed by atoms with Gasteiger partial charge in [-0.2, -0.15) is 0 Å². The van der Waals surface area contributed by atoms with Crippen LogP contribution in [0.5, 0.6) is 0 Å². The summed E-state index contributed by atoms with van der Waals surface area (Å²) in [5.41, 5.74) is 9.42. The Morgan fingerprint density at radius 1 is 0.880 bits per heavy atom. The van der Waals surface area contributed by atoms with Gasteiger partial charge >= 0.3 is 0 Å². The van der Waals surface area contributed by atoms with Crippen LogP contribution in [-0.4, -0.2) is 9.97 Å². The number of aromatic nitrogens is 2. The zero-order valence-electron chi connectivity index (χ0n) is 13.8. The van der Waals surface area contributed by atoms with E-state index in [4.69, 9.17) is 5.73 Å². The van der Waals surface area contributed by atoms with E-state index in [9.17, 15) is 8.78 Å². The van der Waals surface area contributed by atoms with Crippen LogP contribution in [0, 0.1) is 25.5 Å². The van der Waals surface area contributed by atoms with Gasteiger partial charge in [-0.25, -0.2) is 18.7 Å². The molecule has 0 radical (unpaired) electrons. The van der Waals surface area contributed by atoms with Gasteiger partial charge in [0, 0.05) is 11.8 Å². The van der Waals surface area contributed by atoms with E-state index in [1.165, 1.54) is 12.4 Å². The van der Waals surface area contributed by atoms with Crippen molar-refractivity contribution in [2.75, 3.05) is 16.4 Å². The first-order valence-corrected chi connectivity index (χ1v) is 7.60. The minimum absolute atomic E-state index is 0.0733. The first kappa shape index (κ1) is 16.6. The minimum Gasteiger partial charge on any atom is -0.393 e. The first-order chi connectivity index (χ1) is 11.9. The number of anilines is 5. The van der Waals surface area contributed by atoms with E-state index in [2.05, 4.69) is 26.7 Å². The van der Waals surface area contributed by atoms with Gasteiger partial charge in [0.25, 0.3) is 0 Å². The number of hydrogen-bond acceptors (Lipinski definition) is 5. The predicted molar refractivity (Wildman–Crippen MR) is 95.3 cm³/mol. The number of nitrogens with zero attached hydrogens (tertiary/aromatic N) is 2. The molecule has 0 saturated carbocycles. The molecule has 5 nitrogen and oxygen atoms in total. The Morgan fingerprint density at radius 3 is 2.16 bits per heavy atom. The fourth-order valence-corrected chi connectivity index (χ4v) is 2.50. The number of rotatable bonds is 4. The van der Waals surface area contributed by atoms with Crippen LogP contribution in [0.15, 0.2) is 42.7 Å². The van der Waals surface area contributed by atoms with Crippen molar-refractivity contribution < 1.29 is 8.78 Å². The van der Waals surface area contributed by atoms with E-state index in [-0.39, 0.29) is 17.2 Å². The van der Waals surface area contributed by atoms with E-state index >= 15 is 0 Å². The van der Waals surface area contributed by atoms with E-state index in [0.717, 1.165) is 28.9 Å². The highest BCUT2D eigenvalue weighted by molar-refractivity contribution is 5.80. The van der Waals surface area contributed by atoms with Crippen LogP contribution in [0.25, 0.3) is 0 Å². The fraction of sp³-hybridized carbons (Fsp3) is 0.111. The largest absolute Gasteiger partial charge is 0.393 e. The number of hydrogen-bond donors (Lipinski definition) is 3. The molecule has 0 aliphatic heterocycles. The maximum atomic E-state index is 13.8. The Labute approximate surface area is 143 Å². The lowest BCUT2D eigenvalue weighted by Crippen LogP contribution is -2.06. The second-order valence-corrected chi connectivity index (χ2v) is 5.74. The maximum Gasteiger partial charge on any atom is 0.159 e. The molecule has 4 N–H and O–H groups in total. The van der Waals surface area contributed by atoms with Crippen LogP contribution in [0.2, 0.25) is 0 Å². The SMILES string of the molecule is Cc1cc(C)cc(Nc2ncnc(Nc3ccc(F)cc3F)c2N)c1. The Bertz CT molecular complexity index is 907. The molecule has 0 aliphatic rings. The van der Waals surface area contributed by atoms with Crippen LogP contribution in [0.3, 0.4) is 0 Å². The molecular weight excluding hydrogens is 324 g/mol. The van der Waals surface area contributed by atoms with Crippen molar-refractivity contribution in [2.24, 2.45) is 0 Å². The minimum atomic E-state index is -0.734. The zero-order valence-corrected chi connectivity index (χ0v) is 13.8. The van der Waals surface area contributed by atoms with Gasteiger partial charge in [0.15, 0.2) is 11.6 Å². The summed E-state index contributed by atoms with van der Waals surface area (Å²) in [6, 6.07) is 9.19. The molecule has 0 amide bonds. The molecule has 0 fully saturated rings. The van der Waals surface area contributed by atoms with Crippen LogP contribution in [0.1, 0.15) is 11.1 Å². The summed E-state index contributed by atoms with van der Waals surface area (Å²) >= 11 is 0. The van der Waals surface area contributed by atoms with Gasteiger partial charge in [-0.3, -0.25) is 0 Å². The van der Waals surface area contributed by atoms with Gasteiger partial charge in [0.1, 0.15) is 23.6 Å². The third-order valence-electron chi connectivity index (χ3n) is 3.55. The quantitative estimate of drug-likeness (QED) is 0.654. The Balaban J connectivity index is 1.89. The standard InChI is InChI=1S/C18H17F2N5/c1-10-5-11(2)7-13(6-10)24-17-16(21)18(23-9-22-17)25-15-4-3-12(19)8-14(15)20/h3-9H,21H2,1-2H3,(H2,22,23,24,25). The lowest BCUT2D eigenvalue weighted by atomic mass is 10.1. The summed E-state index contributed by atoms with van der Waals surface area (Å²) in [7, 11) is 0. The molecule has 0 unspecified atom stereocenters. The molecule has 25 heavy (non-hydrogen) atoms. The average molecular weight is 341 g/mol. The predicted octanol–water partition coefficient (Wildman–Crippen LogP) is 4.44. The maximum absolute atomic E-state index is 13.8. The second kappa shape index (κ2) is 6.72. The molecule has 1 aromatic heterocycles. The van der Waals surface area contributed by atoms with Crippen molar-refractivity contribution in [3.63, 3.8) is 0 Å². The van der Waals surface area contributed by atoms with E-state index < -0.39 is 11.6 Å². The van der Waals surface area contributed by atoms with Crippen molar-refractivity contribution in [3.8, 4) is 0 Å². The van der Waals surface area contributed by atoms with Gasteiger partial charge < -0.3 is 16.4 Å². The Morgan fingerprint density at radius 2 is 1.52 bits per heavy atom. The van der Waals surface area contributed by atoms with E-state index in [1.807, 2.05) is 26.0 Å². The number of benzene rings is 2. The number of nitrogens with two attached hydrogens (primary N) is 1. The highest BCUT2D eigenvalue weighted by Gasteiger charge is 2.11. The molecule has 3 aromatic rings. The van der Waals surface area contributed by atoms with Gasteiger partial charge in [-0.05, 0) is 49.2 Å². The molecule has 1 heterocycles. The van der Waals surface area contributed by atoms with Crippen LogP contribution in [-0.2, 0) is 0 Å². The second-order valence-electron chi connectivity index (χ2n) is 5.74. The van der Waals surface area contributed by atoms with Crippen LogP contribution in [0.4, 0.5) is 37.5 Å². The lowest BCUT2D eigenvalue weighted by molar-refractivity contribution is 0.586. The summed E-state index contributed by atoms with van der Waals surface area (Å²) < 4.78 is 26.8. The third kappa shape index (κ3) is 3.82. The lowest BCUT2D eigenvalue weighted by Gasteiger charge is -2.13. The fourth-order valence-electron chi connectivity index (χ4n) is 2.50. The summed E-state index contributed by atoms with van der Waals surface area (Å²) in [6.07, 6.45) is 1.31. The first-order valence-electron chi connectivity index (χ1n) is 7.60. The summed E-state index contributed by atoms with van der Waals surface area (Å²) in [5.74, 6) is -0.768. The molecule has 2 aromatic carbocycles. The van der Waals surface area contributed by atoms with Gasteiger partial charge in [0.2, 0.25) is 0 Å². The summed E-state index contributed by atoms with van der Waals surface area (Å²) in [6.45, 7) is 3.98. The number of aryl methyl sites for hydroxylation is 2. The Kier molecular flexibility index (Phi) is 4.47. The zero-order chi connectivity index (χ0) is 18.0. The molecular formula is C18H17F2N5. The van der Waals surface area contributed by atoms with E-state index in [0.29, 0.717) is 5.82 Å². The van der Waals surface area contributed by atoms with Crippen LogP contribution >= 0.6 is 0 Å². The van der Waals surface area contributed by atoms with Gasteiger partial charge in [-0.1, -0.05) is 6.07 Å². The molecule has 0 bridgehead atoms. The van der Waals surface area contributed by atoms with Crippen LogP contribution < -0.4 is 16.4 Å². The summed E-state index contributed by atoms with van der Waals surface area (Å²) in [4.78, 5) is 8.16. The van der Waals surface area contributed by atoms with Gasteiger partial charge in [0.05, 0.1) is 5.69 Å². The molecule has 0 saturated heterocycles. The van der Waals surface area contributed by atoms with Crippen molar-refractivity contribution in [2.45, 2.75) is 13.8 Å². The van der Waals surface area contributed by atoms with E-state index in [1.54, 1.807) is 0 Å². The molecule has 128 valence electrons. The highest BCUT2D eigenvalue weighted by atomic mass is 19.1. The number of halogens is 2. The molecule has 0 atom stereocenters. The number of nitrogen functional groups attached to an aromatic ring is 1. The van der Waals surface area contributed by atoms with Crippen molar-refractivity contribution in [3.05, 3.63) is 65.5 Å². The normalized spacial score (nSPS) is 10.6. The molecule has 7 heteroatoms. The molecule has 0 spiro atoms. The van der Waals surface area contributed by atoms with Gasteiger partial charge in [-0.15, -0.1) is 0 Å². The van der Waals surface area contributed by atoms with Crippen molar-refractivity contribution >= 4 is 28.7 Å². The van der Waals surface area contributed by atoms with Crippen molar-refractivity contribution in [1.29, 1.82) is 0 Å². The monoisotopic (exact) mass is 341 g/mol. The topological polar surface area (TPSA) is 75.9 Å².